The average molecular weight is 278 g/mol. The van der Waals surface area contributed by atoms with E-state index in [9.17, 15) is 9.90 Å². The number of piperazine rings is 1. The van der Waals surface area contributed by atoms with E-state index in [0.29, 0.717) is 19.6 Å². The number of carbonyl (C=O) groups is 1. The Bertz CT molecular complexity index is 418. The number of nitrogens with two attached hydrogens (primary N) is 1. The minimum Gasteiger partial charge on any atom is -0.390 e. The van der Waals surface area contributed by atoms with Crippen LogP contribution in [0.25, 0.3) is 0 Å². The summed E-state index contributed by atoms with van der Waals surface area (Å²) in [5.41, 5.74) is 6.20. The number of anilines is 1. The molecule has 0 saturated carbocycles. The molecule has 1 aromatic carbocycles. The number of hydrogen-bond donors (Lipinski definition) is 3. The molecule has 2 rings (SSSR count). The molecule has 0 bridgehead atoms. The van der Waals surface area contributed by atoms with Gasteiger partial charge in [-0.2, -0.15) is 0 Å². The molecule has 0 aromatic heterocycles. The molecule has 20 heavy (non-hydrogen) atoms. The molecule has 1 fully saturated rings. The van der Waals surface area contributed by atoms with Crippen LogP contribution in [0.4, 0.5) is 10.5 Å². The first kappa shape index (κ1) is 14.8. The topological polar surface area (TPSA) is 81.8 Å². The Morgan fingerprint density at radius 2 is 1.90 bits per heavy atom. The molecule has 1 unspecified atom stereocenters. The molecule has 2 amide bonds. The lowest BCUT2D eigenvalue weighted by atomic mass is 10.2. The normalized spacial score (nSPS) is 17.8. The number of nitrogens with one attached hydrogen (secondary N) is 1. The number of aliphatic hydroxyl groups is 1. The van der Waals surface area contributed by atoms with Crippen LogP contribution in [0.1, 0.15) is 0 Å². The van der Waals surface area contributed by atoms with Gasteiger partial charge in [-0.15, -0.1) is 0 Å². The number of urea groups is 1. The monoisotopic (exact) mass is 278 g/mol. The highest BCUT2D eigenvalue weighted by Crippen LogP contribution is 2.09. The molecular weight excluding hydrogens is 256 g/mol. The molecule has 6 heteroatoms. The van der Waals surface area contributed by atoms with Crippen molar-refractivity contribution < 1.29 is 9.90 Å². The summed E-state index contributed by atoms with van der Waals surface area (Å²) in [6.45, 7) is 3.70. The Balaban J connectivity index is 1.77. The number of rotatable bonds is 4. The van der Waals surface area contributed by atoms with Crippen LogP contribution in [0.3, 0.4) is 0 Å². The number of nitrogens with zero attached hydrogens (tertiary/aromatic N) is 2. The summed E-state index contributed by atoms with van der Waals surface area (Å²) in [7, 11) is 0. The summed E-state index contributed by atoms with van der Waals surface area (Å²) in [5, 5.41) is 12.4. The maximum Gasteiger partial charge on any atom is 0.321 e. The quantitative estimate of drug-likeness (QED) is 0.732. The fourth-order valence-corrected chi connectivity index (χ4v) is 2.23. The Morgan fingerprint density at radius 1 is 1.25 bits per heavy atom. The van der Waals surface area contributed by atoms with Gasteiger partial charge < -0.3 is 21.1 Å². The van der Waals surface area contributed by atoms with E-state index in [1.54, 1.807) is 4.90 Å². The molecule has 1 aromatic rings. The molecule has 1 saturated heterocycles. The fraction of sp³-hybridized carbons (Fsp3) is 0.500. The minimum absolute atomic E-state index is 0.0739. The Hall–Kier alpha value is -1.63. The van der Waals surface area contributed by atoms with Crippen molar-refractivity contribution in [2.75, 3.05) is 44.6 Å². The van der Waals surface area contributed by atoms with Crippen molar-refractivity contribution in [1.82, 2.24) is 9.80 Å². The summed E-state index contributed by atoms with van der Waals surface area (Å²) in [6, 6.07) is 9.35. The van der Waals surface area contributed by atoms with Crippen molar-refractivity contribution in [3.8, 4) is 0 Å². The van der Waals surface area contributed by atoms with E-state index in [1.807, 2.05) is 30.3 Å². The lowest BCUT2D eigenvalue weighted by molar-refractivity contribution is 0.0874. The van der Waals surface area contributed by atoms with Gasteiger partial charge in [0.2, 0.25) is 0 Å². The van der Waals surface area contributed by atoms with Crippen molar-refractivity contribution in [2.45, 2.75) is 6.10 Å². The summed E-state index contributed by atoms with van der Waals surface area (Å²) in [5.74, 6) is 0. The van der Waals surface area contributed by atoms with Crippen LogP contribution < -0.4 is 11.1 Å². The van der Waals surface area contributed by atoms with E-state index < -0.39 is 6.10 Å². The minimum atomic E-state index is -0.486. The number of β-amino-alcohol motifs (C(OH)–C–C–N with tert-alkyl or cyclic N) is 1. The maximum atomic E-state index is 12.1. The van der Waals surface area contributed by atoms with Gasteiger partial charge in [-0.25, -0.2) is 4.79 Å². The van der Waals surface area contributed by atoms with Gasteiger partial charge >= 0.3 is 6.03 Å². The SMILES string of the molecule is NCC(O)CN1CCN(C(=O)Nc2ccccc2)CC1. The average Bonchev–Trinajstić information content (AvgIpc) is 2.49. The Labute approximate surface area is 119 Å². The molecule has 0 aliphatic carbocycles. The van der Waals surface area contributed by atoms with Crippen LogP contribution in [0.15, 0.2) is 30.3 Å². The molecule has 0 spiro atoms. The van der Waals surface area contributed by atoms with Gasteiger partial charge in [0.15, 0.2) is 0 Å². The van der Waals surface area contributed by atoms with E-state index in [0.717, 1.165) is 18.8 Å². The van der Waals surface area contributed by atoms with E-state index in [2.05, 4.69) is 10.2 Å². The zero-order chi connectivity index (χ0) is 14.4. The van der Waals surface area contributed by atoms with Crippen molar-refractivity contribution in [2.24, 2.45) is 5.73 Å². The molecule has 6 nitrogen and oxygen atoms in total. The van der Waals surface area contributed by atoms with E-state index in [-0.39, 0.29) is 12.6 Å². The fourth-order valence-electron chi connectivity index (χ4n) is 2.23. The van der Waals surface area contributed by atoms with E-state index >= 15 is 0 Å². The molecule has 4 N–H and O–H groups in total. The first-order valence-electron chi connectivity index (χ1n) is 6.90. The van der Waals surface area contributed by atoms with Crippen molar-refractivity contribution in [1.29, 1.82) is 0 Å². The molecule has 1 aliphatic rings. The standard InChI is InChI=1S/C14H22N4O2/c15-10-13(19)11-17-6-8-18(9-7-17)14(20)16-12-4-2-1-3-5-12/h1-5,13,19H,6-11,15H2,(H,16,20). The predicted molar refractivity (Wildman–Crippen MR) is 78.5 cm³/mol. The highest BCUT2D eigenvalue weighted by atomic mass is 16.3. The summed E-state index contributed by atoms with van der Waals surface area (Å²) < 4.78 is 0. The van der Waals surface area contributed by atoms with Gasteiger partial charge in [-0.3, -0.25) is 4.90 Å². The van der Waals surface area contributed by atoms with Gasteiger partial charge in [-0.05, 0) is 12.1 Å². The number of benzene rings is 1. The highest BCUT2D eigenvalue weighted by molar-refractivity contribution is 5.89. The van der Waals surface area contributed by atoms with Crippen molar-refractivity contribution >= 4 is 11.7 Å². The second-order valence-electron chi connectivity index (χ2n) is 4.97. The smallest absolute Gasteiger partial charge is 0.321 e. The Morgan fingerprint density at radius 3 is 2.50 bits per heavy atom. The largest absolute Gasteiger partial charge is 0.390 e. The van der Waals surface area contributed by atoms with Gasteiger partial charge in [0, 0.05) is 45.0 Å². The lowest BCUT2D eigenvalue weighted by Gasteiger charge is -2.35. The highest BCUT2D eigenvalue weighted by Gasteiger charge is 2.22. The van der Waals surface area contributed by atoms with Gasteiger partial charge in [-0.1, -0.05) is 18.2 Å². The first-order valence-corrected chi connectivity index (χ1v) is 6.90. The zero-order valence-corrected chi connectivity index (χ0v) is 11.5. The summed E-state index contributed by atoms with van der Waals surface area (Å²) in [4.78, 5) is 16.0. The van der Waals surface area contributed by atoms with E-state index in [4.69, 9.17) is 5.73 Å². The first-order chi connectivity index (χ1) is 9.69. The molecule has 0 radical (unpaired) electrons. The van der Waals surface area contributed by atoms with Crippen molar-refractivity contribution in [3.63, 3.8) is 0 Å². The third-order valence-corrected chi connectivity index (χ3v) is 3.43. The molecule has 110 valence electrons. The number of para-hydroxylation sites is 1. The third-order valence-electron chi connectivity index (χ3n) is 3.43. The third kappa shape index (κ3) is 4.19. The van der Waals surface area contributed by atoms with E-state index in [1.165, 1.54) is 0 Å². The van der Waals surface area contributed by atoms with Crippen LogP contribution in [0, 0.1) is 0 Å². The van der Waals surface area contributed by atoms with Gasteiger partial charge in [0.05, 0.1) is 6.10 Å². The van der Waals surface area contributed by atoms with Crippen molar-refractivity contribution in [3.05, 3.63) is 30.3 Å². The van der Waals surface area contributed by atoms with Gasteiger partial charge in [0.25, 0.3) is 0 Å². The zero-order valence-electron chi connectivity index (χ0n) is 11.5. The van der Waals surface area contributed by atoms with Crippen LogP contribution in [-0.4, -0.2) is 66.3 Å². The summed E-state index contributed by atoms with van der Waals surface area (Å²) in [6.07, 6.45) is -0.486. The number of hydrogen-bond acceptors (Lipinski definition) is 4. The lowest BCUT2D eigenvalue weighted by Crippen LogP contribution is -2.52. The van der Waals surface area contributed by atoms with Crippen LogP contribution in [0.2, 0.25) is 0 Å². The molecule has 1 atom stereocenters. The molecule has 1 heterocycles. The summed E-state index contributed by atoms with van der Waals surface area (Å²) >= 11 is 0. The molecule has 1 aliphatic heterocycles. The number of aliphatic hydroxyl groups excluding tert-OH is 1. The maximum absolute atomic E-state index is 12.1. The second-order valence-corrected chi connectivity index (χ2v) is 4.97. The van der Waals surface area contributed by atoms with Gasteiger partial charge in [0.1, 0.15) is 0 Å². The van der Waals surface area contributed by atoms with Crippen LogP contribution >= 0.6 is 0 Å². The Kier molecular flexibility index (Phi) is 5.34. The van der Waals surface area contributed by atoms with Crippen LogP contribution in [0.5, 0.6) is 0 Å². The predicted octanol–water partition coefficient (Wildman–Crippen LogP) is 0.156. The number of amides is 2. The second kappa shape index (κ2) is 7.23. The molecular formula is C14H22N4O2. The number of carbonyl (C=O) groups excluding carboxylic acids is 1. The van der Waals surface area contributed by atoms with Crippen LogP contribution in [-0.2, 0) is 0 Å².